The molecule has 0 radical (unpaired) electrons. The van der Waals surface area contributed by atoms with Crippen molar-refractivity contribution in [1.82, 2.24) is 10.2 Å². The smallest absolute Gasteiger partial charge is 0.336 e. The summed E-state index contributed by atoms with van der Waals surface area (Å²) in [6.45, 7) is 5.48. The number of nitro groups is 1. The van der Waals surface area contributed by atoms with Crippen LogP contribution in [0, 0.1) is 16.0 Å². The molecule has 206 valence electrons. The van der Waals surface area contributed by atoms with E-state index in [2.05, 4.69) is 10.2 Å². The lowest BCUT2D eigenvalue weighted by Gasteiger charge is -2.32. The van der Waals surface area contributed by atoms with Crippen LogP contribution in [0.3, 0.4) is 0 Å². The second kappa shape index (κ2) is 12.4. The molecule has 39 heavy (non-hydrogen) atoms. The van der Waals surface area contributed by atoms with E-state index in [1.807, 2.05) is 17.5 Å². The number of nitrogens with one attached hydrogen (secondary N) is 1. The van der Waals surface area contributed by atoms with Crippen LogP contribution in [0.25, 0.3) is 0 Å². The molecule has 1 saturated heterocycles. The number of nitro benzene ring substituents is 1. The van der Waals surface area contributed by atoms with Gasteiger partial charge >= 0.3 is 11.9 Å². The fourth-order valence-electron chi connectivity index (χ4n) is 5.18. The number of piperidine rings is 1. The van der Waals surface area contributed by atoms with Crippen molar-refractivity contribution < 1.29 is 28.8 Å². The number of likely N-dealkylation sites (tertiary alicyclic amines) is 1. The number of carbonyl (C=O) groups excluding carboxylic acids is 3. The van der Waals surface area contributed by atoms with Gasteiger partial charge in [0.25, 0.3) is 5.69 Å². The molecular formula is C28H31N3O7S. The van der Waals surface area contributed by atoms with Crippen LogP contribution in [-0.4, -0.2) is 60.9 Å². The Morgan fingerprint density at radius 1 is 1.08 bits per heavy atom. The molecule has 10 nitrogen and oxygen atoms in total. The number of hydrogen-bond donors (Lipinski definition) is 1. The van der Waals surface area contributed by atoms with Gasteiger partial charge in [-0.1, -0.05) is 18.2 Å². The lowest BCUT2D eigenvalue weighted by atomic mass is 9.80. The molecule has 11 heteroatoms. The van der Waals surface area contributed by atoms with Gasteiger partial charge in [0.1, 0.15) is 6.61 Å². The van der Waals surface area contributed by atoms with E-state index in [1.165, 1.54) is 36.6 Å². The third kappa shape index (κ3) is 6.26. The number of non-ortho nitro benzene ring substituents is 1. The number of ketones is 1. The van der Waals surface area contributed by atoms with Gasteiger partial charge in [0.15, 0.2) is 5.78 Å². The van der Waals surface area contributed by atoms with Crippen LogP contribution in [0.4, 0.5) is 5.69 Å². The van der Waals surface area contributed by atoms with Crippen LogP contribution < -0.4 is 5.32 Å². The quantitative estimate of drug-likeness (QED) is 0.210. The topological polar surface area (TPSA) is 128 Å². The van der Waals surface area contributed by atoms with Gasteiger partial charge in [-0.2, -0.15) is 0 Å². The van der Waals surface area contributed by atoms with Crippen LogP contribution >= 0.6 is 11.3 Å². The average molecular weight is 554 g/mol. The molecule has 0 saturated carbocycles. The maximum atomic E-state index is 13.4. The minimum Gasteiger partial charge on any atom is -0.466 e. The van der Waals surface area contributed by atoms with Crippen molar-refractivity contribution >= 4 is 34.7 Å². The molecule has 3 heterocycles. The van der Waals surface area contributed by atoms with E-state index in [-0.39, 0.29) is 35.1 Å². The summed E-state index contributed by atoms with van der Waals surface area (Å²) in [7, 11) is 1.24. The molecule has 1 N–H and O–H groups in total. The van der Waals surface area contributed by atoms with Gasteiger partial charge in [-0.05, 0) is 56.8 Å². The Morgan fingerprint density at radius 3 is 2.38 bits per heavy atom. The van der Waals surface area contributed by atoms with Crippen LogP contribution in [0.2, 0.25) is 0 Å². The molecular weight excluding hydrogens is 522 g/mol. The first kappa shape index (κ1) is 28.2. The van der Waals surface area contributed by atoms with E-state index in [9.17, 15) is 24.5 Å². The maximum absolute atomic E-state index is 13.4. The summed E-state index contributed by atoms with van der Waals surface area (Å²) in [5.74, 6) is -1.96. The fraction of sp³-hybridized carbons (Fsp3) is 0.393. The molecule has 1 aromatic carbocycles. The van der Waals surface area contributed by atoms with Gasteiger partial charge < -0.3 is 14.8 Å². The van der Waals surface area contributed by atoms with E-state index in [1.54, 1.807) is 19.9 Å². The van der Waals surface area contributed by atoms with Crippen molar-refractivity contribution in [3.05, 3.63) is 84.9 Å². The zero-order valence-electron chi connectivity index (χ0n) is 22.1. The molecule has 1 fully saturated rings. The number of ether oxygens (including phenoxy) is 2. The minimum absolute atomic E-state index is 0.00558. The molecule has 1 aromatic heterocycles. The maximum Gasteiger partial charge on any atom is 0.336 e. The van der Waals surface area contributed by atoms with Crippen molar-refractivity contribution in [3.63, 3.8) is 0 Å². The largest absolute Gasteiger partial charge is 0.466 e. The number of methoxy groups -OCH3 is 1. The predicted octanol–water partition coefficient (Wildman–Crippen LogP) is 4.20. The molecule has 0 spiro atoms. The van der Waals surface area contributed by atoms with Crippen molar-refractivity contribution in [2.24, 2.45) is 5.92 Å². The third-order valence-corrected chi connectivity index (χ3v) is 8.05. The lowest BCUT2D eigenvalue weighted by molar-refractivity contribution is -0.384. The highest BCUT2D eigenvalue weighted by Gasteiger charge is 2.38. The number of benzene rings is 1. The minimum atomic E-state index is -0.898. The van der Waals surface area contributed by atoms with Crippen LogP contribution in [0.1, 0.15) is 47.8 Å². The fourth-order valence-corrected chi connectivity index (χ4v) is 5.92. The zero-order chi connectivity index (χ0) is 28.1. The Labute approximate surface area is 230 Å². The first-order chi connectivity index (χ1) is 18.7. The number of rotatable bonds is 9. The van der Waals surface area contributed by atoms with Crippen LogP contribution in [0.15, 0.2) is 64.3 Å². The number of esters is 2. The monoisotopic (exact) mass is 553 g/mol. The second-order valence-corrected chi connectivity index (χ2v) is 10.5. The Bertz CT molecular complexity index is 1320. The molecule has 0 bridgehead atoms. The highest BCUT2D eigenvalue weighted by atomic mass is 32.1. The standard InChI is InChI=1S/C28H31N3O7S/c1-17-23(27(33)37-3)25(20-6-4-7-21(16-20)31(35)36)24(18(2)29-17)28(34)38-14-13-30-11-9-19(10-12-30)26(32)22-8-5-15-39-22/h4-8,15-16,19,25,29H,9-14H2,1-3H3. The van der Waals surface area contributed by atoms with Crippen molar-refractivity contribution in [3.8, 4) is 0 Å². The Morgan fingerprint density at radius 2 is 1.77 bits per heavy atom. The van der Waals surface area contributed by atoms with Crippen molar-refractivity contribution in [1.29, 1.82) is 0 Å². The average Bonchev–Trinajstić information content (AvgIpc) is 3.47. The van der Waals surface area contributed by atoms with E-state index in [4.69, 9.17) is 9.47 Å². The predicted molar refractivity (Wildman–Crippen MR) is 145 cm³/mol. The van der Waals surface area contributed by atoms with E-state index in [0.29, 0.717) is 23.5 Å². The number of carbonyl (C=O) groups is 3. The number of nitrogens with zero attached hydrogens (tertiary/aromatic N) is 2. The number of allylic oxidation sites excluding steroid dienone is 2. The van der Waals surface area contributed by atoms with E-state index in [0.717, 1.165) is 30.8 Å². The van der Waals surface area contributed by atoms with Crippen molar-refractivity contribution in [2.75, 3.05) is 33.4 Å². The summed E-state index contributed by atoms with van der Waals surface area (Å²) in [5.41, 5.74) is 1.63. The molecule has 2 aliphatic rings. The molecule has 1 unspecified atom stereocenters. The zero-order valence-corrected chi connectivity index (χ0v) is 22.9. The molecule has 4 rings (SSSR count). The molecule has 0 amide bonds. The first-order valence-corrected chi connectivity index (χ1v) is 13.6. The molecule has 2 aliphatic heterocycles. The van der Waals surface area contributed by atoms with Crippen LogP contribution in [-0.2, 0) is 19.1 Å². The van der Waals surface area contributed by atoms with Gasteiger partial charge in [0.05, 0.1) is 34.0 Å². The van der Waals surface area contributed by atoms with Gasteiger partial charge in [0, 0.05) is 36.0 Å². The Kier molecular flexibility index (Phi) is 8.93. The first-order valence-electron chi connectivity index (χ1n) is 12.7. The van der Waals surface area contributed by atoms with E-state index < -0.39 is 22.8 Å². The number of dihydropyridines is 1. The lowest BCUT2D eigenvalue weighted by Crippen LogP contribution is -2.38. The third-order valence-electron chi connectivity index (χ3n) is 7.16. The van der Waals surface area contributed by atoms with Gasteiger partial charge in [-0.15, -0.1) is 11.3 Å². The van der Waals surface area contributed by atoms with Gasteiger partial charge in [0.2, 0.25) is 0 Å². The number of Topliss-reactive ketones (excluding diaryl/α,β-unsaturated/α-hetero) is 1. The van der Waals surface area contributed by atoms with Gasteiger partial charge in [-0.3, -0.25) is 19.8 Å². The summed E-state index contributed by atoms with van der Waals surface area (Å²) in [6.07, 6.45) is 1.50. The summed E-state index contributed by atoms with van der Waals surface area (Å²) >= 11 is 1.46. The summed E-state index contributed by atoms with van der Waals surface area (Å²) in [5, 5.41) is 16.4. The SMILES string of the molecule is COC(=O)C1=C(C)NC(C)=C(C(=O)OCCN2CCC(C(=O)c3cccs3)CC2)C1c1cccc([N+](=O)[O-])c1. The summed E-state index contributed by atoms with van der Waals surface area (Å²) in [4.78, 5) is 52.7. The molecule has 0 aliphatic carbocycles. The normalized spacial score (nSPS) is 18.5. The summed E-state index contributed by atoms with van der Waals surface area (Å²) in [6, 6.07) is 9.61. The summed E-state index contributed by atoms with van der Waals surface area (Å²) < 4.78 is 10.6. The van der Waals surface area contributed by atoms with E-state index >= 15 is 0 Å². The van der Waals surface area contributed by atoms with Crippen LogP contribution in [0.5, 0.6) is 0 Å². The molecule has 2 aromatic rings. The van der Waals surface area contributed by atoms with Crippen molar-refractivity contribution in [2.45, 2.75) is 32.6 Å². The highest BCUT2D eigenvalue weighted by Crippen LogP contribution is 2.40. The number of thiophene rings is 1. The van der Waals surface area contributed by atoms with Gasteiger partial charge in [-0.25, -0.2) is 9.59 Å². The molecule has 1 atom stereocenters. The second-order valence-electron chi connectivity index (χ2n) is 9.57. The highest BCUT2D eigenvalue weighted by molar-refractivity contribution is 7.12. The Hall–Kier alpha value is -3.83. The Balaban J connectivity index is 1.44. The number of hydrogen-bond acceptors (Lipinski definition) is 10.